The van der Waals surface area contributed by atoms with Crippen LogP contribution in [0.3, 0.4) is 0 Å². The normalized spacial score (nSPS) is 10.9. The van der Waals surface area contributed by atoms with Crippen molar-refractivity contribution in [2.75, 3.05) is 18.2 Å². The van der Waals surface area contributed by atoms with Crippen LogP contribution in [0.5, 0.6) is 5.75 Å². The smallest absolute Gasteiger partial charge is 0.271 e. The van der Waals surface area contributed by atoms with E-state index in [1.54, 1.807) is 13.2 Å². The second-order valence-corrected chi connectivity index (χ2v) is 9.43. The van der Waals surface area contributed by atoms with Gasteiger partial charge in [-0.25, -0.2) is 4.98 Å². The number of non-ortho nitro benzene ring substituents is 1. The molecule has 1 heterocycles. The highest BCUT2D eigenvalue weighted by Crippen LogP contribution is 2.34. The van der Waals surface area contributed by atoms with Crippen LogP contribution in [0.4, 0.5) is 11.4 Å². The van der Waals surface area contributed by atoms with E-state index in [0.29, 0.717) is 28.4 Å². The van der Waals surface area contributed by atoms with Crippen LogP contribution >= 0.6 is 11.8 Å². The molecule has 4 aromatic carbocycles. The predicted octanol–water partition coefficient (Wildman–Crippen LogP) is 6.26. The molecule has 0 radical (unpaired) electrons. The largest absolute Gasteiger partial charge is 0.495 e. The summed E-state index contributed by atoms with van der Waals surface area (Å²) in [6.07, 6.45) is 0.701. The Hall–Kier alpha value is -4.63. The summed E-state index contributed by atoms with van der Waals surface area (Å²) in [5.74, 6) is 0.534. The fraction of sp³-hybridized carbons (Fsp3) is 0.103. The quantitative estimate of drug-likeness (QED) is 0.139. The SMILES string of the molecule is COc1ccccc1-n1c(SCC(=O)Nc2ccccc2Cc2ccccc2)nc2cc([N+](=O)[O-])ccc21. The van der Waals surface area contributed by atoms with Crippen LogP contribution in [0.1, 0.15) is 11.1 Å². The minimum atomic E-state index is -0.450. The minimum absolute atomic E-state index is 0.0495. The van der Waals surface area contributed by atoms with E-state index in [4.69, 9.17) is 4.74 Å². The van der Waals surface area contributed by atoms with Gasteiger partial charge in [0.1, 0.15) is 5.75 Å². The molecule has 0 atom stereocenters. The number of imidazole rings is 1. The number of amides is 1. The number of rotatable bonds is 9. The standard InChI is InChI=1S/C29H24N4O4S/c1-37-27-14-8-7-13-26(27)32-25-16-15-22(33(35)36)18-24(25)31-29(32)38-19-28(34)30-23-12-6-5-11-21(23)17-20-9-3-2-4-10-20/h2-16,18H,17,19H2,1H3,(H,30,34). The van der Waals surface area contributed by atoms with Gasteiger partial charge < -0.3 is 10.1 Å². The Kier molecular flexibility index (Phi) is 7.37. The van der Waals surface area contributed by atoms with Crippen molar-refractivity contribution in [3.8, 4) is 11.4 Å². The number of hydrogen-bond donors (Lipinski definition) is 1. The summed E-state index contributed by atoms with van der Waals surface area (Å²) in [5.41, 5.74) is 4.75. The second-order valence-electron chi connectivity index (χ2n) is 8.49. The molecule has 5 aromatic rings. The Bertz CT molecular complexity index is 1620. The van der Waals surface area contributed by atoms with Gasteiger partial charge in [0, 0.05) is 17.8 Å². The fourth-order valence-electron chi connectivity index (χ4n) is 4.23. The highest BCUT2D eigenvalue weighted by molar-refractivity contribution is 7.99. The zero-order valence-electron chi connectivity index (χ0n) is 20.5. The Morgan fingerprint density at radius 3 is 2.53 bits per heavy atom. The van der Waals surface area contributed by atoms with Gasteiger partial charge in [-0.1, -0.05) is 72.4 Å². The molecule has 0 aliphatic heterocycles. The van der Waals surface area contributed by atoms with Crippen LogP contribution in [0.25, 0.3) is 16.7 Å². The molecule has 1 aromatic heterocycles. The summed E-state index contributed by atoms with van der Waals surface area (Å²) >= 11 is 1.25. The summed E-state index contributed by atoms with van der Waals surface area (Å²) in [4.78, 5) is 28.6. The molecular formula is C29H24N4O4S. The number of aromatic nitrogens is 2. The van der Waals surface area contributed by atoms with Gasteiger partial charge in [0.15, 0.2) is 5.16 Å². The highest BCUT2D eigenvalue weighted by atomic mass is 32.2. The number of anilines is 1. The van der Waals surface area contributed by atoms with Crippen molar-refractivity contribution in [3.63, 3.8) is 0 Å². The third kappa shape index (κ3) is 5.37. The zero-order chi connectivity index (χ0) is 26.5. The molecule has 5 rings (SSSR count). The third-order valence-electron chi connectivity index (χ3n) is 6.01. The number of nitro groups is 1. The highest BCUT2D eigenvalue weighted by Gasteiger charge is 2.19. The van der Waals surface area contributed by atoms with Crippen LogP contribution in [0, 0.1) is 10.1 Å². The van der Waals surface area contributed by atoms with Gasteiger partial charge in [0.25, 0.3) is 5.69 Å². The van der Waals surface area contributed by atoms with Crippen LogP contribution in [-0.2, 0) is 11.2 Å². The lowest BCUT2D eigenvalue weighted by Gasteiger charge is -2.13. The molecule has 0 fully saturated rings. The zero-order valence-corrected chi connectivity index (χ0v) is 21.4. The number of carbonyl (C=O) groups is 1. The van der Waals surface area contributed by atoms with Crippen molar-refractivity contribution >= 4 is 40.1 Å². The van der Waals surface area contributed by atoms with Crippen LogP contribution in [0.2, 0.25) is 0 Å². The molecule has 1 N–H and O–H groups in total. The first kappa shape index (κ1) is 25.0. The first-order valence-corrected chi connectivity index (χ1v) is 12.9. The van der Waals surface area contributed by atoms with Crippen LogP contribution < -0.4 is 10.1 Å². The summed E-state index contributed by atoms with van der Waals surface area (Å²) in [6.45, 7) is 0. The molecule has 1 amide bonds. The molecule has 0 bridgehead atoms. The van der Waals surface area contributed by atoms with Gasteiger partial charge in [0.05, 0.1) is 34.5 Å². The lowest BCUT2D eigenvalue weighted by atomic mass is 10.0. The van der Waals surface area contributed by atoms with E-state index in [1.807, 2.05) is 71.3 Å². The molecule has 0 unspecified atom stereocenters. The molecular weight excluding hydrogens is 500 g/mol. The first-order valence-electron chi connectivity index (χ1n) is 11.9. The van der Waals surface area contributed by atoms with E-state index in [2.05, 4.69) is 22.4 Å². The van der Waals surface area contributed by atoms with Crippen LogP contribution in [0.15, 0.2) is 102 Å². The molecule has 9 heteroatoms. The number of benzene rings is 4. The monoisotopic (exact) mass is 524 g/mol. The maximum absolute atomic E-state index is 13.0. The number of carbonyl (C=O) groups excluding carboxylic acids is 1. The topological polar surface area (TPSA) is 99.3 Å². The molecule has 190 valence electrons. The van der Waals surface area contributed by atoms with E-state index < -0.39 is 4.92 Å². The van der Waals surface area contributed by atoms with Crippen molar-refractivity contribution in [1.82, 2.24) is 9.55 Å². The maximum Gasteiger partial charge on any atom is 0.271 e. The lowest BCUT2D eigenvalue weighted by molar-refractivity contribution is -0.384. The van der Waals surface area contributed by atoms with E-state index in [0.717, 1.165) is 22.5 Å². The van der Waals surface area contributed by atoms with Crippen LogP contribution in [-0.4, -0.2) is 33.2 Å². The van der Waals surface area contributed by atoms with Crippen molar-refractivity contribution < 1.29 is 14.5 Å². The van der Waals surface area contributed by atoms with Gasteiger partial charge in [-0.3, -0.25) is 19.5 Å². The Morgan fingerprint density at radius 1 is 1.00 bits per heavy atom. The number of methoxy groups -OCH3 is 1. The van der Waals surface area contributed by atoms with E-state index in [1.165, 1.54) is 23.9 Å². The second kappa shape index (κ2) is 11.2. The summed E-state index contributed by atoms with van der Waals surface area (Å²) in [7, 11) is 1.58. The van der Waals surface area contributed by atoms with Crippen molar-refractivity contribution in [3.05, 3.63) is 118 Å². The average Bonchev–Trinajstić information content (AvgIpc) is 3.31. The van der Waals surface area contributed by atoms with Gasteiger partial charge in [-0.2, -0.15) is 0 Å². The third-order valence-corrected chi connectivity index (χ3v) is 6.94. The van der Waals surface area contributed by atoms with Gasteiger partial charge in [-0.15, -0.1) is 0 Å². The van der Waals surface area contributed by atoms with Crippen molar-refractivity contribution in [2.45, 2.75) is 11.6 Å². The van der Waals surface area contributed by atoms with Gasteiger partial charge in [-0.05, 0) is 41.8 Å². The van der Waals surface area contributed by atoms with E-state index in [-0.39, 0.29) is 17.3 Å². The maximum atomic E-state index is 13.0. The van der Waals surface area contributed by atoms with Gasteiger partial charge >= 0.3 is 0 Å². The number of ether oxygens (including phenoxy) is 1. The molecule has 0 saturated carbocycles. The van der Waals surface area contributed by atoms with E-state index in [9.17, 15) is 14.9 Å². The number of nitro benzene ring substituents is 1. The Labute approximate surface area is 223 Å². The number of nitrogens with one attached hydrogen (secondary N) is 1. The molecule has 8 nitrogen and oxygen atoms in total. The van der Waals surface area contributed by atoms with Crippen molar-refractivity contribution in [2.24, 2.45) is 0 Å². The number of thioether (sulfide) groups is 1. The lowest BCUT2D eigenvalue weighted by Crippen LogP contribution is -2.16. The predicted molar refractivity (Wildman–Crippen MR) is 149 cm³/mol. The number of fused-ring (bicyclic) bond motifs is 1. The molecule has 0 spiro atoms. The first-order chi connectivity index (χ1) is 18.5. The van der Waals surface area contributed by atoms with Gasteiger partial charge in [0.2, 0.25) is 5.91 Å². The fourth-order valence-corrected chi connectivity index (χ4v) is 5.05. The molecule has 0 aliphatic carbocycles. The number of nitrogens with zero attached hydrogens (tertiary/aromatic N) is 3. The number of hydrogen-bond acceptors (Lipinski definition) is 6. The van der Waals surface area contributed by atoms with Crippen molar-refractivity contribution in [1.29, 1.82) is 0 Å². The average molecular weight is 525 g/mol. The van der Waals surface area contributed by atoms with E-state index >= 15 is 0 Å². The molecule has 0 aliphatic rings. The molecule has 38 heavy (non-hydrogen) atoms. The Balaban J connectivity index is 1.41. The minimum Gasteiger partial charge on any atom is -0.495 e. The number of para-hydroxylation sites is 3. The summed E-state index contributed by atoms with van der Waals surface area (Å²) in [6, 6.07) is 29.8. The molecule has 0 saturated heterocycles. The Morgan fingerprint density at radius 2 is 1.74 bits per heavy atom. The summed E-state index contributed by atoms with van der Waals surface area (Å²) < 4.78 is 7.42. The summed E-state index contributed by atoms with van der Waals surface area (Å²) in [5, 5.41) is 14.9.